The van der Waals surface area contributed by atoms with Crippen LogP contribution in [0.4, 0.5) is 4.39 Å². The second kappa shape index (κ2) is 6.63. The van der Waals surface area contributed by atoms with E-state index in [1.54, 1.807) is 7.05 Å². The summed E-state index contributed by atoms with van der Waals surface area (Å²) in [5.41, 5.74) is 0. The Bertz CT molecular complexity index is 109. The van der Waals surface area contributed by atoms with E-state index in [-0.39, 0.29) is 12.4 Å². The standard InChI is InChI=1S/C8H16FNO.ClH/c1-10-5-8(9)4-7-2-3-11-6-7;/h7-8,10H,2-6H2,1H3;1H. The molecule has 1 N–H and O–H groups in total. The molecule has 1 rings (SSSR count). The van der Waals surface area contributed by atoms with Crippen molar-refractivity contribution in [3.63, 3.8) is 0 Å². The van der Waals surface area contributed by atoms with Gasteiger partial charge in [-0.05, 0) is 25.8 Å². The molecule has 1 aliphatic rings. The van der Waals surface area contributed by atoms with Crippen LogP contribution in [0.15, 0.2) is 0 Å². The Morgan fingerprint density at radius 1 is 1.67 bits per heavy atom. The van der Waals surface area contributed by atoms with Crippen LogP contribution in [0.2, 0.25) is 0 Å². The molecular weight excluding hydrogens is 181 g/mol. The first-order valence-electron chi connectivity index (χ1n) is 4.19. The molecule has 12 heavy (non-hydrogen) atoms. The molecule has 2 nitrogen and oxygen atoms in total. The van der Waals surface area contributed by atoms with Crippen molar-refractivity contribution in [2.24, 2.45) is 5.92 Å². The van der Waals surface area contributed by atoms with Crippen molar-refractivity contribution < 1.29 is 9.13 Å². The van der Waals surface area contributed by atoms with Gasteiger partial charge < -0.3 is 10.1 Å². The summed E-state index contributed by atoms with van der Waals surface area (Å²) >= 11 is 0. The zero-order valence-electron chi connectivity index (χ0n) is 7.38. The summed E-state index contributed by atoms with van der Waals surface area (Å²) in [6.45, 7) is 2.04. The van der Waals surface area contributed by atoms with E-state index in [1.807, 2.05) is 0 Å². The highest BCUT2D eigenvalue weighted by Gasteiger charge is 2.19. The minimum atomic E-state index is -0.702. The normalized spacial score (nSPS) is 25.0. The van der Waals surface area contributed by atoms with Crippen LogP contribution in [0, 0.1) is 5.92 Å². The van der Waals surface area contributed by atoms with Crippen LogP contribution in [0.1, 0.15) is 12.8 Å². The average Bonchev–Trinajstić information content (AvgIpc) is 2.40. The number of rotatable bonds is 4. The lowest BCUT2D eigenvalue weighted by Crippen LogP contribution is -2.22. The summed E-state index contributed by atoms with van der Waals surface area (Å²) in [5.74, 6) is 0.457. The molecule has 0 amide bonds. The molecule has 1 aliphatic heterocycles. The molecule has 0 aliphatic carbocycles. The van der Waals surface area contributed by atoms with Gasteiger partial charge in [0.1, 0.15) is 6.17 Å². The van der Waals surface area contributed by atoms with Crippen molar-refractivity contribution in [1.29, 1.82) is 0 Å². The summed E-state index contributed by atoms with van der Waals surface area (Å²) in [5, 5.41) is 2.83. The van der Waals surface area contributed by atoms with Crippen LogP contribution in [0.25, 0.3) is 0 Å². The minimum Gasteiger partial charge on any atom is -0.381 e. The Kier molecular flexibility index (Phi) is 6.71. The molecule has 0 spiro atoms. The number of hydrogen-bond acceptors (Lipinski definition) is 2. The first kappa shape index (κ1) is 12.1. The van der Waals surface area contributed by atoms with Crippen LogP contribution < -0.4 is 5.32 Å². The Labute approximate surface area is 79.3 Å². The number of hydrogen-bond donors (Lipinski definition) is 1. The molecule has 0 aromatic rings. The number of ether oxygens (including phenoxy) is 1. The largest absolute Gasteiger partial charge is 0.381 e. The summed E-state index contributed by atoms with van der Waals surface area (Å²) in [6, 6.07) is 0. The lowest BCUT2D eigenvalue weighted by molar-refractivity contribution is 0.173. The van der Waals surface area contributed by atoms with E-state index in [0.717, 1.165) is 19.6 Å². The van der Waals surface area contributed by atoms with Crippen LogP contribution in [0.3, 0.4) is 0 Å². The van der Waals surface area contributed by atoms with Gasteiger partial charge in [0.2, 0.25) is 0 Å². The third kappa shape index (κ3) is 4.24. The molecular formula is C8H17ClFNO. The molecule has 1 heterocycles. The van der Waals surface area contributed by atoms with Gasteiger partial charge >= 0.3 is 0 Å². The molecule has 1 saturated heterocycles. The predicted octanol–water partition coefficient (Wildman–Crippen LogP) is 1.39. The summed E-state index contributed by atoms with van der Waals surface area (Å²) in [4.78, 5) is 0. The Balaban J connectivity index is 0.00000121. The van der Waals surface area contributed by atoms with Gasteiger partial charge in [0.05, 0.1) is 0 Å². The van der Waals surface area contributed by atoms with Gasteiger partial charge in [0.15, 0.2) is 0 Å². The minimum absolute atomic E-state index is 0. The monoisotopic (exact) mass is 197 g/mol. The second-order valence-corrected chi connectivity index (χ2v) is 3.12. The summed E-state index contributed by atoms with van der Waals surface area (Å²) in [7, 11) is 1.78. The Morgan fingerprint density at radius 3 is 2.92 bits per heavy atom. The number of nitrogens with one attached hydrogen (secondary N) is 1. The van der Waals surface area contributed by atoms with Crippen LogP contribution in [-0.2, 0) is 4.74 Å². The molecule has 0 aromatic heterocycles. The fourth-order valence-corrected chi connectivity index (χ4v) is 1.44. The molecule has 0 bridgehead atoms. The molecule has 74 valence electrons. The van der Waals surface area contributed by atoms with Crippen molar-refractivity contribution in [3.05, 3.63) is 0 Å². The van der Waals surface area contributed by atoms with E-state index in [1.165, 1.54) is 0 Å². The summed E-state index contributed by atoms with van der Waals surface area (Å²) < 4.78 is 18.1. The average molecular weight is 198 g/mol. The smallest absolute Gasteiger partial charge is 0.113 e. The fourth-order valence-electron chi connectivity index (χ4n) is 1.44. The maximum Gasteiger partial charge on any atom is 0.113 e. The Morgan fingerprint density at radius 2 is 2.42 bits per heavy atom. The first-order valence-corrected chi connectivity index (χ1v) is 4.19. The quantitative estimate of drug-likeness (QED) is 0.736. The van der Waals surface area contributed by atoms with Crippen molar-refractivity contribution in [2.45, 2.75) is 19.0 Å². The van der Waals surface area contributed by atoms with E-state index in [4.69, 9.17) is 4.74 Å². The maximum atomic E-state index is 12.9. The van der Waals surface area contributed by atoms with E-state index in [2.05, 4.69) is 5.32 Å². The molecule has 1 fully saturated rings. The van der Waals surface area contributed by atoms with Crippen molar-refractivity contribution >= 4 is 12.4 Å². The van der Waals surface area contributed by atoms with Gasteiger partial charge in [-0.3, -0.25) is 0 Å². The van der Waals surface area contributed by atoms with E-state index < -0.39 is 6.17 Å². The van der Waals surface area contributed by atoms with Gasteiger partial charge in [-0.2, -0.15) is 0 Å². The maximum absolute atomic E-state index is 12.9. The number of halogens is 2. The van der Waals surface area contributed by atoms with Crippen molar-refractivity contribution in [2.75, 3.05) is 26.8 Å². The Hall–Kier alpha value is 0.140. The van der Waals surface area contributed by atoms with Crippen LogP contribution >= 0.6 is 12.4 Å². The SMILES string of the molecule is CNCC(F)CC1CCOC1.Cl. The van der Waals surface area contributed by atoms with E-state index in [9.17, 15) is 4.39 Å². The van der Waals surface area contributed by atoms with Crippen molar-refractivity contribution in [1.82, 2.24) is 5.32 Å². The molecule has 0 aromatic carbocycles. The predicted molar refractivity (Wildman–Crippen MR) is 49.6 cm³/mol. The van der Waals surface area contributed by atoms with Crippen molar-refractivity contribution in [3.8, 4) is 0 Å². The third-order valence-electron chi connectivity index (χ3n) is 2.04. The third-order valence-corrected chi connectivity index (χ3v) is 2.04. The zero-order valence-corrected chi connectivity index (χ0v) is 8.20. The topological polar surface area (TPSA) is 21.3 Å². The lowest BCUT2D eigenvalue weighted by atomic mass is 10.0. The number of alkyl halides is 1. The van der Waals surface area contributed by atoms with Crippen LogP contribution in [-0.4, -0.2) is 33.0 Å². The summed E-state index contributed by atoms with van der Waals surface area (Å²) in [6.07, 6.45) is 0.983. The van der Waals surface area contributed by atoms with Gasteiger partial charge in [-0.25, -0.2) is 4.39 Å². The highest BCUT2D eigenvalue weighted by molar-refractivity contribution is 5.85. The fraction of sp³-hybridized carbons (Fsp3) is 1.00. The van der Waals surface area contributed by atoms with Gasteiger partial charge in [-0.1, -0.05) is 0 Å². The van der Waals surface area contributed by atoms with Gasteiger partial charge in [0.25, 0.3) is 0 Å². The van der Waals surface area contributed by atoms with E-state index >= 15 is 0 Å². The van der Waals surface area contributed by atoms with Gasteiger partial charge in [0, 0.05) is 19.8 Å². The molecule has 2 atom stereocenters. The van der Waals surface area contributed by atoms with Gasteiger partial charge in [-0.15, -0.1) is 12.4 Å². The van der Waals surface area contributed by atoms with E-state index in [0.29, 0.717) is 18.9 Å². The molecule has 4 heteroatoms. The molecule has 0 saturated carbocycles. The first-order chi connectivity index (χ1) is 5.33. The highest BCUT2D eigenvalue weighted by Crippen LogP contribution is 2.18. The highest BCUT2D eigenvalue weighted by atomic mass is 35.5. The molecule has 0 radical (unpaired) electrons. The van der Waals surface area contributed by atoms with Crippen LogP contribution in [0.5, 0.6) is 0 Å². The zero-order chi connectivity index (χ0) is 8.10. The molecule has 2 unspecified atom stereocenters. The second-order valence-electron chi connectivity index (χ2n) is 3.12. The lowest BCUT2D eigenvalue weighted by Gasteiger charge is -2.10.